The molecule has 0 bridgehead atoms. The van der Waals surface area contributed by atoms with E-state index in [1.807, 2.05) is 12.1 Å². The Labute approximate surface area is 199 Å². The number of aryl methyl sites for hydroxylation is 2. The summed E-state index contributed by atoms with van der Waals surface area (Å²) in [7, 11) is -3.69. The predicted molar refractivity (Wildman–Crippen MR) is 128 cm³/mol. The molecule has 1 saturated heterocycles. The second kappa shape index (κ2) is 9.31. The summed E-state index contributed by atoms with van der Waals surface area (Å²) < 4.78 is 33.0. The van der Waals surface area contributed by atoms with Crippen LogP contribution in [0, 0.1) is 12.8 Å². The van der Waals surface area contributed by atoms with Crippen LogP contribution in [0.4, 0.5) is 5.69 Å². The van der Waals surface area contributed by atoms with Crippen LogP contribution in [0.2, 0.25) is 0 Å². The first-order valence-corrected chi connectivity index (χ1v) is 13.2. The highest BCUT2D eigenvalue weighted by atomic mass is 32.2. The molecule has 9 heteroatoms. The minimum Gasteiger partial charge on any atom is -0.339 e. The number of hydrogen-bond acceptors (Lipinski definition) is 6. The molecule has 1 amide bonds. The Bertz CT molecular complexity index is 1310. The maximum Gasteiger partial charge on any atom is 0.243 e. The van der Waals surface area contributed by atoms with Gasteiger partial charge in [0.05, 0.1) is 4.90 Å². The molecule has 8 nitrogen and oxygen atoms in total. The number of nitrogens with one attached hydrogen (secondary N) is 1. The summed E-state index contributed by atoms with van der Waals surface area (Å²) in [5.74, 6) is 0.540. The Morgan fingerprint density at radius 3 is 2.62 bits per heavy atom. The minimum absolute atomic E-state index is 0.0227. The van der Waals surface area contributed by atoms with Gasteiger partial charge in [0, 0.05) is 37.2 Å². The van der Waals surface area contributed by atoms with E-state index in [-0.39, 0.29) is 16.7 Å². The fourth-order valence-corrected chi connectivity index (χ4v) is 6.37. The van der Waals surface area contributed by atoms with Crippen molar-refractivity contribution in [2.24, 2.45) is 5.92 Å². The molecule has 0 unspecified atom stereocenters. The van der Waals surface area contributed by atoms with Crippen LogP contribution in [0.5, 0.6) is 0 Å². The van der Waals surface area contributed by atoms with Gasteiger partial charge in [-0.05, 0) is 67.9 Å². The van der Waals surface area contributed by atoms with Crippen LogP contribution in [0.1, 0.15) is 42.7 Å². The first-order valence-electron chi connectivity index (χ1n) is 11.7. The van der Waals surface area contributed by atoms with Gasteiger partial charge in [-0.3, -0.25) is 4.79 Å². The van der Waals surface area contributed by atoms with Crippen LogP contribution in [-0.2, 0) is 27.7 Å². The average Bonchev–Trinajstić information content (AvgIpc) is 3.31. The summed E-state index contributed by atoms with van der Waals surface area (Å²) >= 11 is 0. The second-order valence-electron chi connectivity index (χ2n) is 8.98. The second-order valence-corrected chi connectivity index (χ2v) is 10.9. The first kappa shape index (κ1) is 22.7. The zero-order valence-electron chi connectivity index (χ0n) is 19.2. The normalized spacial score (nSPS) is 17.3. The quantitative estimate of drug-likeness (QED) is 0.593. The summed E-state index contributed by atoms with van der Waals surface area (Å²) in [5, 5.41) is 7.00. The van der Waals surface area contributed by atoms with Crippen LogP contribution < -0.4 is 5.32 Å². The molecule has 2 heterocycles. The number of aromatic nitrogens is 2. The molecular weight excluding hydrogens is 452 g/mol. The molecule has 5 rings (SSSR count). The number of sulfonamides is 1. The van der Waals surface area contributed by atoms with Gasteiger partial charge in [0.15, 0.2) is 0 Å². The monoisotopic (exact) mass is 480 g/mol. The molecule has 0 spiro atoms. The summed E-state index contributed by atoms with van der Waals surface area (Å²) in [6.07, 6.45) is 5.36. The van der Waals surface area contributed by atoms with E-state index in [0.717, 1.165) is 24.9 Å². The van der Waals surface area contributed by atoms with E-state index < -0.39 is 10.0 Å². The molecule has 3 aromatic rings. The lowest BCUT2D eigenvalue weighted by Crippen LogP contribution is -2.41. The average molecular weight is 481 g/mol. The molecule has 1 N–H and O–H groups in total. The van der Waals surface area contributed by atoms with E-state index in [0.29, 0.717) is 43.2 Å². The fraction of sp³-hybridized carbons (Fsp3) is 0.400. The number of anilines is 1. The van der Waals surface area contributed by atoms with Gasteiger partial charge in [0.25, 0.3) is 0 Å². The predicted octanol–water partition coefficient (Wildman–Crippen LogP) is 3.96. The van der Waals surface area contributed by atoms with E-state index >= 15 is 0 Å². The molecular formula is C25H28N4O4S. The summed E-state index contributed by atoms with van der Waals surface area (Å²) in [6, 6.07) is 12.7. The molecule has 178 valence electrons. The van der Waals surface area contributed by atoms with E-state index in [1.54, 1.807) is 31.2 Å². The van der Waals surface area contributed by atoms with Crippen molar-refractivity contribution in [1.29, 1.82) is 0 Å². The number of amides is 1. The summed E-state index contributed by atoms with van der Waals surface area (Å²) in [6.45, 7) is 2.29. The molecule has 2 aromatic carbocycles. The van der Waals surface area contributed by atoms with Crippen molar-refractivity contribution in [1.82, 2.24) is 14.4 Å². The number of rotatable bonds is 5. The zero-order chi connectivity index (χ0) is 23.7. The number of carbonyl (C=O) groups is 1. The molecule has 1 aromatic heterocycles. The largest absolute Gasteiger partial charge is 0.339 e. The van der Waals surface area contributed by atoms with Crippen LogP contribution >= 0.6 is 0 Å². The maximum atomic E-state index is 13.3. The Hall–Kier alpha value is -3.04. The summed E-state index contributed by atoms with van der Waals surface area (Å²) in [5.41, 5.74) is 4.06. The fourth-order valence-electron chi connectivity index (χ4n) is 4.85. The number of piperidine rings is 1. The van der Waals surface area contributed by atoms with Crippen LogP contribution in [0.15, 0.2) is 51.9 Å². The van der Waals surface area contributed by atoms with Gasteiger partial charge in [0.1, 0.15) is 0 Å². The van der Waals surface area contributed by atoms with E-state index in [1.165, 1.54) is 21.9 Å². The van der Waals surface area contributed by atoms with Gasteiger partial charge in [-0.1, -0.05) is 29.4 Å². The Kier molecular flexibility index (Phi) is 6.22. The van der Waals surface area contributed by atoms with Crippen LogP contribution in [0.25, 0.3) is 11.4 Å². The Morgan fingerprint density at radius 2 is 1.85 bits per heavy atom. The van der Waals surface area contributed by atoms with Gasteiger partial charge >= 0.3 is 0 Å². The minimum atomic E-state index is -3.69. The molecule has 0 atom stereocenters. The van der Waals surface area contributed by atoms with Gasteiger partial charge < -0.3 is 9.84 Å². The third-order valence-corrected chi connectivity index (χ3v) is 8.63. The van der Waals surface area contributed by atoms with Crippen molar-refractivity contribution in [3.05, 3.63) is 59.5 Å². The van der Waals surface area contributed by atoms with Crippen molar-refractivity contribution in [3.63, 3.8) is 0 Å². The lowest BCUT2D eigenvalue weighted by molar-refractivity contribution is -0.120. The molecule has 0 saturated carbocycles. The van der Waals surface area contributed by atoms with E-state index in [4.69, 9.17) is 4.52 Å². The van der Waals surface area contributed by atoms with Crippen molar-refractivity contribution in [3.8, 4) is 11.4 Å². The van der Waals surface area contributed by atoms with Gasteiger partial charge in [-0.15, -0.1) is 0 Å². The van der Waals surface area contributed by atoms with Crippen molar-refractivity contribution in [2.75, 3.05) is 18.4 Å². The van der Waals surface area contributed by atoms with Crippen LogP contribution in [0.3, 0.4) is 0 Å². The van der Waals surface area contributed by atoms with E-state index in [2.05, 4.69) is 21.5 Å². The zero-order valence-corrected chi connectivity index (χ0v) is 20.0. The van der Waals surface area contributed by atoms with Gasteiger partial charge in [0.2, 0.25) is 27.6 Å². The van der Waals surface area contributed by atoms with Gasteiger partial charge in [-0.25, -0.2) is 8.42 Å². The number of hydrogen-bond donors (Lipinski definition) is 1. The number of benzene rings is 2. The van der Waals surface area contributed by atoms with Crippen molar-refractivity contribution >= 4 is 21.6 Å². The molecule has 1 aliphatic carbocycles. The Balaban J connectivity index is 1.25. The topological polar surface area (TPSA) is 105 Å². The van der Waals surface area contributed by atoms with Gasteiger partial charge in [-0.2, -0.15) is 9.29 Å². The number of carbonyl (C=O) groups excluding carboxylic acids is 1. The molecule has 1 fully saturated rings. The first-order chi connectivity index (χ1) is 16.4. The number of nitrogens with zero attached hydrogens (tertiary/aromatic N) is 3. The lowest BCUT2D eigenvalue weighted by atomic mass is 9.90. The Morgan fingerprint density at radius 1 is 1.09 bits per heavy atom. The smallest absolute Gasteiger partial charge is 0.243 e. The third-order valence-electron chi connectivity index (χ3n) is 6.74. The molecule has 0 radical (unpaired) electrons. The maximum absolute atomic E-state index is 13.3. The highest BCUT2D eigenvalue weighted by Crippen LogP contribution is 2.30. The molecule has 34 heavy (non-hydrogen) atoms. The number of fused-ring (bicyclic) bond motifs is 1. The third kappa shape index (κ3) is 4.50. The lowest BCUT2D eigenvalue weighted by Gasteiger charge is -2.31. The highest BCUT2D eigenvalue weighted by molar-refractivity contribution is 7.89. The van der Waals surface area contributed by atoms with E-state index in [9.17, 15) is 13.2 Å². The molecule has 2 aliphatic rings. The van der Waals surface area contributed by atoms with Crippen molar-refractivity contribution < 1.29 is 17.7 Å². The highest BCUT2D eigenvalue weighted by Gasteiger charge is 2.32. The standard InChI is InChI=1S/C25H28N4O4S/c1-17-26-24(28-33-17)20-8-4-9-21(16-20)34(31,32)29-14-12-19(13-15-29)25(30)27-23-11-5-7-18-6-2-3-10-22(18)23/h4-5,7-9,11,16,19H,2-3,6,10,12-15H2,1H3,(H,27,30). The SMILES string of the molecule is Cc1nc(-c2cccc(S(=O)(=O)N3CCC(C(=O)Nc4cccc5c4CCCC5)CC3)c2)no1. The summed E-state index contributed by atoms with van der Waals surface area (Å²) in [4.78, 5) is 17.3. The molecule has 1 aliphatic heterocycles. The van der Waals surface area contributed by atoms with Crippen LogP contribution in [-0.4, -0.2) is 41.9 Å². The van der Waals surface area contributed by atoms with Crippen molar-refractivity contribution in [2.45, 2.75) is 50.3 Å².